The Balaban J connectivity index is 1.68. The van der Waals surface area contributed by atoms with Crippen molar-refractivity contribution in [3.63, 3.8) is 0 Å². The van der Waals surface area contributed by atoms with Gasteiger partial charge in [0.05, 0.1) is 0 Å². The van der Waals surface area contributed by atoms with Crippen LogP contribution in [-0.2, 0) is 13.0 Å². The van der Waals surface area contributed by atoms with Crippen LogP contribution in [0.15, 0.2) is 42.5 Å². The highest BCUT2D eigenvalue weighted by Gasteiger charge is 2.20. The van der Waals surface area contributed by atoms with Gasteiger partial charge in [0.2, 0.25) is 0 Å². The zero-order valence-corrected chi connectivity index (χ0v) is 13.0. The van der Waals surface area contributed by atoms with Crippen molar-refractivity contribution in [2.75, 3.05) is 0 Å². The minimum atomic E-state index is 0.689. The van der Waals surface area contributed by atoms with E-state index in [2.05, 4.69) is 24.4 Å². The Labute approximate surface area is 131 Å². The molecule has 3 heteroatoms. The van der Waals surface area contributed by atoms with Crippen LogP contribution in [0.5, 0.6) is 11.5 Å². The second-order valence-electron chi connectivity index (χ2n) is 5.51. The molecule has 3 rings (SSSR count). The molecule has 0 heterocycles. The zero-order valence-electron chi connectivity index (χ0n) is 12.2. The Morgan fingerprint density at radius 2 is 1.95 bits per heavy atom. The van der Waals surface area contributed by atoms with E-state index in [1.165, 1.54) is 18.4 Å². The minimum absolute atomic E-state index is 0.689. The van der Waals surface area contributed by atoms with E-state index in [1.807, 2.05) is 30.3 Å². The van der Waals surface area contributed by atoms with E-state index in [9.17, 15) is 0 Å². The third-order valence-corrected chi connectivity index (χ3v) is 4.08. The molecule has 0 aromatic heterocycles. The van der Waals surface area contributed by atoms with Crippen molar-refractivity contribution in [2.45, 2.75) is 38.8 Å². The SMILES string of the molecule is CCc1cccc(Oc2ccc(CNC3CC3)c(Cl)c2)c1. The van der Waals surface area contributed by atoms with Crippen molar-refractivity contribution in [1.82, 2.24) is 5.32 Å². The molecule has 1 N–H and O–H groups in total. The summed E-state index contributed by atoms with van der Waals surface area (Å²) in [4.78, 5) is 0. The Hall–Kier alpha value is -1.51. The highest BCUT2D eigenvalue weighted by Crippen LogP contribution is 2.28. The van der Waals surface area contributed by atoms with Gasteiger partial charge in [-0.15, -0.1) is 0 Å². The number of benzene rings is 2. The highest BCUT2D eigenvalue weighted by molar-refractivity contribution is 6.31. The molecule has 0 atom stereocenters. The van der Waals surface area contributed by atoms with E-state index in [0.717, 1.165) is 35.1 Å². The van der Waals surface area contributed by atoms with Crippen molar-refractivity contribution in [2.24, 2.45) is 0 Å². The fourth-order valence-corrected chi connectivity index (χ4v) is 2.48. The lowest BCUT2D eigenvalue weighted by molar-refractivity contribution is 0.481. The van der Waals surface area contributed by atoms with Crippen LogP contribution < -0.4 is 10.1 Å². The summed E-state index contributed by atoms with van der Waals surface area (Å²) in [7, 11) is 0. The van der Waals surface area contributed by atoms with E-state index in [4.69, 9.17) is 16.3 Å². The smallest absolute Gasteiger partial charge is 0.128 e. The van der Waals surface area contributed by atoms with Gasteiger partial charge in [0.1, 0.15) is 11.5 Å². The van der Waals surface area contributed by atoms with Gasteiger partial charge in [-0.05, 0) is 54.7 Å². The van der Waals surface area contributed by atoms with Crippen LogP contribution in [-0.4, -0.2) is 6.04 Å². The molecule has 1 fully saturated rings. The predicted octanol–water partition coefficient (Wildman–Crippen LogP) is 4.95. The number of halogens is 1. The molecule has 2 aromatic rings. The summed E-state index contributed by atoms with van der Waals surface area (Å²) < 4.78 is 5.89. The number of rotatable bonds is 6. The van der Waals surface area contributed by atoms with Crippen LogP contribution in [0.1, 0.15) is 30.9 Å². The third kappa shape index (κ3) is 3.99. The van der Waals surface area contributed by atoms with Gasteiger partial charge < -0.3 is 10.1 Å². The van der Waals surface area contributed by atoms with Crippen molar-refractivity contribution >= 4 is 11.6 Å². The van der Waals surface area contributed by atoms with E-state index in [0.29, 0.717) is 6.04 Å². The average molecular weight is 302 g/mol. The molecule has 110 valence electrons. The second kappa shape index (κ2) is 6.50. The molecule has 0 aliphatic heterocycles. The lowest BCUT2D eigenvalue weighted by Gasteiger charge is -2.10. The maximum atomic E-state index is 6.34. The van der Waals surface area contributed by atoms with Gasteiger partial charge >= 0.3 is 0 Å². The first-order chi connectivity index (χ1) is 10.2. The van der Waals surface area contributed by atoms with Gasteiger partial charge in [0.15, 0.2) is 0 Å². The lowest BCUT2D eigenvalue weighted by Crippen LogP contribution is -2.15. The monoisotopic (exact) mass is 301 g/mol. The van der Waals surface area contributed by atoms with Crippen molar-refractivity contribution in [1.29, 1.82) is 0 Å². The molecular formula is C18H20ClNO. The molecule has 2 nitrogen and oxygen atoms in total. The maximum Gasteiger partial charge on any atom is 0.128 e. The maximum absolute atomic E-state index is 6.34. The lowest BCUT2D eigenvalue weighted by atomic mass is 10.1. The molecule has 1 aliphatic carbocycles. The largest absolute Gasteiger partial charge is 0.457 e. The quantitative estimate of drug-likeness (QED) is 0.815. The second-order valence-corrected chi connectivity index (χ2v) is 5.92. The van der Waals surface area contributed by atoms with E-state index >= 15 is 0 Å². The van der Waals surface area contributed by atoms with Gasteiger partial charge in [-0.2, -0.15) is 0 Å². The minimum Gasteiger partial charge on any atom is -0.457 e. The normalized spacial score (nSPS) is 14.2. The summed E-state index contributed by atoms with van der Waals surface area (Å²) in [5.74, 6) is 1.64. The molecule has 0 bridgehead atoms. The molecule has 0 unspecified atom stereocenters. The van der Waals surface area contributed by atoms with Gasteiger partial charge in [-0.25, -0.2) is 0 Å². The van der Waals surface area contributed by atoms with Crippen LogP contribution in [0, 0.1) is 0 Å². The Morgan fingerprint density at radius 1 is 1.14 bits per heavy atom. The molecule has 2 aromatic carbocycles. The van der Waals surface area contributed by atoms with E-state index < -0.39 is 0 Å². The first-order valence-electron chi connectivity index (χ1n) is 7.53. The summed E-state index contributed by atoms with van der Waals surface area (Å²) in [6, 6.07) is 14.8. The van der Waals surface area contributed by atoms with Crippen molar-refractivity contribution < 1.29 is 4.74 Å². The first kappa shape index (κ1) is 14.4. The summed E-state index contributed by atoms with van der Waals surface area (Å²) in [5, 5.41) is 4.23. The van der Waals surface area contributed by atoms with Crippen LogP contribution in [0.4, 0.5) is 0 Å². The van der Waals surface area contributed by atoms with Gasteiger partial charge in [0, 0.05) is 17.6 Å². The van der Waals surface area contributed by atoms with Gasteiger partial charge in [-0.3, -0.25) is 0 Å². The number of hydrogen-bond acceptors (Lipinski definition) is 2. The molecule has 0 amide bonds. The number of hydrogen-bond donors (Lipinski definition) is 1. The van der Waals surface area contributed by atoms with Crippen molar-refractivity contribution in [3.8, 4) is 11.5 Å². The zero-order chi connectivity index (χ0) is 14.7. The molecule has 0 spiro atoms. The van der Waals surface area contributed by atoms with Gasteiger partial charge in [-0.1, -0.05) is 36.7 Å². The molecule has 0 saturated heterocycles. The molecule has 0 radical (unpaired) electrons. The average Bonchev–Trinajstić information content (AvgIpc) is 3.31. The summed E-state index contributed by atoms with van der Waals surface area (Å²) in [6.07, 6.45) is 3.57. The highest BCUT2D eigenvalue weighted by atomic mass is 35.5. The van der Waals surface area contributed by atoms with Crippen LogP contribution >= 0.6 is 11.6 Å². The molecular weight excluding hydrogens is 282 g/mol. The fourth-order valence-electron chi connectivity index (χ4n) is 2.24. The van der Waals surface area contributed by atoms with E-state index in [-0.39, 0.29) is 0 Å². The number of aryl methyl sites for hydroxylation is 1. The van der Waals surface area contributed by atoms with Crippen molar-refractivity contribution in [3.05, 3.63) is 58.6 Å². The fraction of sp³-hybridized carbons (Fsp3) is 0.333. The molecule has 21 heavy (non-hydrogen) atoms. The number of ether oxygens (including phenoxy) is 1. The van der Waals surface area contributed by atoms with Crippen LogP contribution in [0.2, 0.25) is 5.02 Å². The van der Waals surface area contributed by atoms with Crippen LogP contribution in [0.3, 0.4) is 0 Å². The van der Waals surface area contributed by atoms with E-state index in [1.54, 1.807) is 0 Å². The summed E-state index contributed by atoms with van der Waals surface area (Å²) in [6.45, 7) is 2.97. The molecule has 1 saturated carbocycles. The predicted molar refractivity (Wildman–Crippen MR) is 87.2 cm³/mol. The standard InChI is InChI=1S/C18H20ClNO/c1-2-13-4-3-5-16(10-13)21-17-9-6-14(18(19)11-17)12-20-15-7-8-15/h3-6,9-11,15,20H,2,7-8,12H2,1H3. The Kier molecular flexibility index (Phi) is 4.47. The Bertz CT molecular complexity index is 622. The first-order valence-corrected chi connectivity index (χ1v) is 7.91. The summed E-state index contributed by atoms with van der Waals surface area (Å²) in [5.41, 5.74) is 2.39. The van der Waals surface area contributed by atoms with Gasteiger partial charge in [0.25, 0.3) is 0 Å². The topological polar surface area (TPSA) is 21.3 Å². The molecule has 1 aliphatic rings. The third-order valence-electron chi connectivity index (χ3n) is 3.73. The summed E-state index contributed by atoms with van der Waals surface area (Å²) >= 11 is 6.34. The van der Waals surface area contributed by atoms with Crippen LogP contribution in [0.25, 0.3) is 0 Å². The number of nitrogens with one attached hydrogen (secondary N) is 1. The Morgan fingerprint density at radius 3 is 2.67 bits per heavy atom.